The smallest absolute Gasteiger partial charge is 0.275 e. The Labute approximate surface area is 173 Å². The number of fused-ring (bicyclic) bond motifs is 3. The Morgan fingerprint density at radius 3 is 2.33 bits per heavy atom. The van der Waals surface area contributed by atoms with Crippen molar-refractivity contribution in [3.8, 4) is 0 Å². The molecule has 0 fully saturated rings. The molecule has 1 amide bonds. The standard InChI is InChI=1S/C24H19N3O3/c28-24-23-20(13-14-25(24)18-9-5-2-6-10-18)21-15-19(27(29)30)11-12-22(21)26(23)16-17-7-3-1-4-8-17/h1-12,15H,13-14,16H2. The number of anilines is 1. The van der Waals surface area contributed by atoms with E-state index in [0.29, 0.717) is 25.2 Å². The summed E-state index contributed by atoms with van der Waals surface area (Å²) < 4.78 is 2.00. The van der Waals surface area contributed by atoms with Crippen LogP contribution in [0.5, 0.6) is 0 Å². The highest BCUT2D eigenvalue weighted by molar-refractivity contribution is 6.11. The highest BCUT2D eigenvalue weighted by atomic mass is 16.6. The molecule has 6 heteroatoms. The normalized spacial score (nSPS) is 13.5. The number of amides is 1. The number of aromatic nitrogens is 1. The third-order valence-corrected chi connectivity index (χ3v) is 5.65. The predicted octanol–water partition coefficient (Wildman–Crippen LogP) is 4.80. The van der Waals surface area contributed by atoms with Crippen molar-refractivity contribution in [1.29, 1.82) is 0 Å². The monoisotopic (exact) mass is 397 g/mol. The lowest BCUT2D eigenvalue weighted by atomic mass is 10.0. The Morgan fingerprint density at radius 2 is 1.63 bits per heavy atom. The van der Waals surface area contributed by atoms with Gasteiger partial charge in [-0.05, 0) is 35.7 Å². The summed E-state index contributed by atoms with van der Waals surface area (Å²) in [5.41, 5.74) is 4.32. The number of hydrogen-bond donors (Lipinski definition) is 0. The second-order valence-corrected chi connectivity index (χ2v) is 7.40. The van der Waals surface area contributed by atoms with Crippen LogP contribution in [0.4, 0.5) is 11.4 Å². The summed E-state index contributed by atoms with van der Waals surface area (Å²) in [6, 6.07) is 24.4. The molecule has 2 heterocycles. The van der Waals surface area contributed by atoms with Gasteiger partial charge in [-0.25, -0.2) is 0 Å². The van der Waals surface area contributed by atoms with Crippen molar-refractivity contribution in [2.75, 3.05) is 11.4 Å². The minimum absolute atomic E-state index is 0.0418. The zero-order chi connectivity index (χ0) is 20.7. The molecular formula is C24H19N3O3. The predicted molar refractivity (Wildman–Crippen MR) is 116 cm³/mol. The molecule has 0 spiro atoms. The van der Waals surface area contributed by atoms with Crippen LogP contribution < -0.4 is 4.90 Å². The highest BCUT2D eigenvalue weighted by Crippen LogP contribution is 2.35. The van der Waals surface area contributed by atoms with Gasteiger partial charge >= 0.3 is 0 Å². The van der Waals surface area contributed by atoms with Gasteiger partial charge in [-0.1, -0.05) is 48.5 Å². The average Bonchev–Trinajstić information content (AvgIpc) is 3.09. The lowest BCUT2D eigenvalue weighted by molar-refractivity contribution is -0.384. The summed E-state index contributed by atoms with van der Waals surface area (Å²) >= 11 is 0. The van der Waals surface area contributed by atoms with Gasteiger partial charge in [0.15, 0.2) is 0 Å². The van der Waals surface area contributed by atoms with Crippen molar-refractivity contribution in [2.45, 2.75) is 13.0 Å². The minimum Gasteiger partial charge on any atom is -0.332 e. The Balaban J connectivity index is 1.70. The van der Waals surface area contributed by atoms with Crippen LogP contribution in [0, 0.1) is 10.1 Å². The van der Waals surface area contributed by atoms with Crippen LogP contribution >= 0.6 is 0 Å². The average molecular weight is 397 g/mol. The first kappa shape index (κ1) is 18.1. The SMILES string of the molecule is O=C1c2c(c3cc([N+](=O)[O-])ccc3n2Cc2ccccc2)CCN1c1ccccc1. The van der Waals surface area contributed by atoms with Gasteiger partial charge in [-0.15, -0.1) is 0 Å². The van der Waals surface area contributed by atoms with E-state index in [1.807, 2.05) is 65.2 Å². The molecule has 0 bridgehead atoms. The maximum absolute atomic E-state index is 13.6. The number of rotatable bonds is 4. The molecule has 0 saturated carbocycles. The molecule has 0 saturated heterocycles. The van der Waals surface area contributed by atoms with Crippen molar-refractivity contribution >= 4 is 28.2 Å². The van der Waals surface area contributed by atoms with Crippen LogP contribution in [0.15, 0.2) is 78.9 Å². The van der Waals surface area contributed by atoms with Gasteiger partial charge in [0.05, 0.1) is 4.92 Å². The van der Waals surface area contributed by atoms with E-state index >= 15 is 0 Å². The summed E-state index contributed by atoms with van der Waals surface area (Å²) in [6.45, 7) is 1.07. The van der Waals surface area contributed by atoms with E-state index in [1.165, 1.54) is 6.07 Å². The number of hydrogen-bond acceptors (Lipinski definition) is 3. The van der Waals surface area contributed by atoms with E-state index in [4.69, 9.17) is 0 Å². The van der Waals surface area contributed by atoms with Gasteiger partial charge in [0.2, 0.25) is 0 Å². The lowest BCUT2D eigenvalue weighted by Gasteiger charge is -2.28. The fourth-order valence-electron chi connectivity index (χ4n) is 4.26. The molecule has 30 heavy (non-hydrogen) atoms. The van der Waals surface area contributed by atoms with Gasteiger partial charge < -0.3 is 9.47 Å². The van der Waals surface area contributed by atoms with E-state index in [2.05, 4.69) is 0 Å². The highest BCUT2D eigenvalue weighted by Gasteiger charge is 2.32. The van der Waals surface area contributed by atoms with Crippen molar-refractivity contribution in [3.05, 3.63) is 106 Å². The molecule has 0 aliphatic carbocycles. The van der Waals surface area contributed by atoms with E-state index in [0.717, 1.165) is 27.7 Å². The molecule has 148 valence electrons. The number of nitrogens with zero attached hydrogens (tertiary/aromatic N) is 3. The topological polar surface area (TPSA) is 68.4 Å². The summed E-state index contributed by atoms with van der Waals surface area (Å²) in [6.07, 6.45) is 0.648. The maximum atomic E-state index is 13.6. The van der Waals surface area contributed by atoms with Crippen LogP contribution in [0.3, 0.4) is 0 Å². The van der Waals surface area contributed by atoms with Gasteiger partial charge in [0.25, 0.3) is 11.6 Å². The number of carbonyl (C=O) groups is 1. The lowest BCUT2D eigenvalue weighted by Crippen LogP contribution is -2.38. The van der Waals surface area contributed by atoms with Crippen molar-refractivity contribution in [2.24, 2.45) is 0 Å². The van der Waals surface area contributed by atoms with Crippen LogP contribution in [-0.2, 0) is 13.0 Å². The summed E-state index contributed by atoms with van der Waals surface area (Å²) in [5.74, 6) is -0.0720. The molecule has 0 radical (unpaired) electrons. The number of para-hydroxylation sites is 1. The Morgan fingerprint density at radius 1 is 0.933 bits per heavy atom. The van der Waals surface area contributed by atoms with Crippen LogP contribution in [0.2, 0.25) is 0 Å². The fraction of sp³-hybridized carbons (Fsp3) is 0.125. The van der Waals surface area contributed by atoms with E-state index < -0.39 is 0 Å². The molecule has 0 unspecified atom stereocenters. The maximum Gasteiger partial charge on any atom is 0.275 e. The van der Waals surface area contributed by atoms with Gasteiger partial charge in [-0.2, -0.15) is 0 Å². The minimum atomic E-state index is -0.388. The summed E-state index contributed by atoms with van der Waals surface area (Å²) in [7, 11) is 0. The first-order chi connectivity index (χ1) is 14.6. The number of nitro groups is 1. The molecule has 1 aliphatic rings. The van der Waals surface area contributed by atoms with Crippen molar-refractivity contribution < 1.29 is 9.72 Å². The quantitative estimate of drug-likeness (QED) is 0.367. The molecule has 0 atom stereocenters. The summed E-state index contributed by atoms with van der Waals surface area (Å²) in [5, 5.41) is 12.1. The number of non-ortho nitro benzene ring substituents is 1. The van der Waals surface area contributed by atoms with Crippen molar-refractivity contribution in [1.82, 2.24) is 4.57 Å². The second kappa shape index (κ2) is 7.15. The van der Waals surface area contributed by atoms with Gasteiger partial charge in [-0.3, -0.25) is 14.9 Å². The van der Waals surface area contributed by atoms with Crippen LogP contribution in [-0.4, -0.2) is 21.9 Å². The number of benzene rings is 3. The van der Waals surface area contributed by atoms with Crippen molar-refractivity contribution in [3.63, 3.8) is 0 Å². The van der Waals surface area contributed by atoms with E-state index in [9.17, 15) is 14.9 Å². The zero-order valence-corrected chi connectivity index (χ0v) is 16.2. The summed E-state index contributed by atoms with van der Waals surface area (Å²) in [4.78, 5) is 26.3. The number of nitro benzene ring substituents is 1. The Hall–Kier alpha value is -3.93. The molecule has 0 N–H and O–H groups in total. The third kappa shape index (κ3) is 2.93. The zero-order valence-electron chi connectivity index (χ0n) is 16.2. The van der Waals surface area contributed by atoms with E-state index in [-0.39, 0.29) is 16.5 Å². The molecule has 1 aliphatic heterocycles. The largest absolute Gasteiger partial charge is 0.332 e. The first-order valence-electron chi connectivity index (χ1n) is 9.84. The Bertz CT molecular complexity index is 1260. The molecule has 5 rings (SSSR count). The Kier molecular flexibility index (Phi) is 4.32. The van der Waals surface area contributed by atoms with Gasteiger partial charge in [0, 0.05) is 41.8 Å². The first-order valence-corrected chi connectivity index (χ1v) is 9.84. The molecular weight excluding hydrogens is 378 g/mol. The van der Waals surface area contributed by atoms with Gasteiger partial charge in [0.1, 0.15) is 5.69 Å². The fourth-order valence-corrected chi connectivity index (χ4v) is 4.26. The van der Waals surface area contributed by atoms with E-state index in [1.54, 1.807) is 17.0 Å². The third-order valence-electron chi connectivity index (χ3n) is 5.65. The van der Waals surface area contributed by atoms with Crippen LogP contribution in [0.1, 0.15) is 21.6 Å². The number of carbonyl (C=O) groups excluding carboxylic acids is 1. The molecule has 6 nitrogen and oxygen atoms in total. The molecule has 1 aromatic heterocycles. The molecule has 4 aromatic rings. The van der Waals surface area contributed by atoms with Crippen LogP contribution in [0.25, 0.3) is 10.9 Å². The molecule has 3 aromatic carbocycles. The second-order valence-electron chi connectivity index (χ2n) is 7.40.